The first-order valence-corrected chi connectivity index (χ1v) is 5.05. The molecule has 1 aromatic heterocycles. The highest BCUT2D eigenvalue weighted by Crippen LogP contribution is 2.07. The third-order valence-corrected chi connectivity index (χ3v) is 2.27. The van der Waals surface area contributed by atoms with Gasteiger partial charge in [0.2, 0.25) is 0 Å². The molecule has 0 aliphatic heterocycles. The summed E-state index contributed by atoms with van der Waals surface area (Å²) in [5.41, 5.74) is 6.95. The SMILES string of the molecule is Nc1cccc(CC(=O)c2ccccc2)n1. The summed E-state index contributed by atoms with van der Waals surface area (Å²) in [6.45, 7) is 0. The second kappa shape index (κ2) is 4.57. The Morgan fingerprint density at radius 1 is 1.06 bits per heavy atom. The lowest BCUT2D eigenvalue weighted by molar-refractivity contribution is 0.0992. The van der Waals surface area contributed by atoms with E-state index in [1.165, 1.54) is 0 Å². The average Bonchev–Trinajstić information content (AvgIpc) is 2.30. The first-order chi connectivity index (χ1) is 7.75. The molecule has 2 rings (SSSR count). The Balaban J connectivity index is 2.14. The van der Waals surface area contributed by atoms with Gasteiger partial charge in [-0.15, -0.1) is 0 Å². The predicted octanol–water partition coefficient (Wildman–Crippen LogP) is 2.09. The molecule has 1 aromatic carbocycles. The van der Waals surface area contributed by atoms with Gasteiger partial charge < -0.3 is 5.73 Å². The highest BCUT2D eigenvalue weighted by atomic mass is 16.1. The second-order valence-electron chi connectivity index (χ2n) is 3.52. The van der Waals surface area contributed by atoms with Gasteiger partial charge in [-0.2, -0.15) is 0 Å². The Bertz CT molecular complexity index is 494. The number of aromatic nitrogens is 1. The fourth-order valence-corrected chi connectivity index (χ4v) is 1.49. The minimum atomic E-state index is 0.0544. The monoisotopic (exact) mass is 212 g/mol. The van der Waals surface area contributed by atoms with Gasteiger partial charge in [0.25, 0.3) is 0 Å². The van der Waals surface area contributed by atoms with Gasteiger partial charge in [-0.1, -0.05) is 36.4 Å². The molecule has 2 N–H and O–H groups in total. The summed E-state index contributed by atoms with van der Waals surface area (Å²) in [7, 11) is 0. The first kappa shape index (κ1) is 10.4. The fourth-order valence-electron chi connectivity index (χ4n) is 1.49. The molecule has 3 nitrogen and oxygen atoms in total. The van der Waals surface area contributed by atoms with Crippen LogP contribution in [-0.4, -0.2) is 10.8 Å². The normalized spacial score (nSPS) is 10.0. The van der Waals surface area contributed by atoms with Gasteiger partial charge in [0.1, 0.15) is 5.82 Å². The molecule has 3 heteroatoms. The number of rotatable bonds is 3. The van der Waals surface area contributed by atoms with Gasteiger partial charge in [0, 0.05) is 5.56 Å². The number of nitrogens with two attached hydrogens (primary N) is 1. The predicted molar refractivity (Wildman–Crippen MR) is 63.1 cm³/mol. The lowest BCUT2D eigenvalue weighted by Crippen LogP contribution is -2.05. The molecule has 0 aliphatic carbocycles. The molecule has 0 saturated carbocycles. The van der Waals surface area contributed by atoms with Crippen molar-refractivity contribution in [3.8, 4) is 0 Å². The zero-order chi connectivity index (χ0) is 11.4. The van der Waals surface area contributed by atoms with Gasteiger partial charge in [0.05, 0.1) is 12.1 Å². The summed E-state index contributed by atoms with van der Waals surface area (Å²) in [6.07, 6.45) is 0.287. The first-order valence-electron chi connectivity index (χ1n) is 5.05. The second-order valence-corrected chi connectivity index (χ2v) is 3.52. The smallest absolute Gasteiger partial charge is 0.168 e. The lowest BCUT2D eigenvalue weighted by Gasteiger charge is -2.01. The van der Waals surface area contributed by atoms with Crippen LogP contribution in [0.25, 0.3) is 0 Å². The quantitative estimate of drug-likeness (QED) is 0.792. The molecule has 2 aromatic rings. The summed E-state index contributed by atoms with van der Waals surface area (Å²) in [5.74, 6) is 0.497. The van der Waals surface area contributed by atoms with Crippen LogP contribution in [0.15, 0.2) is 48.5 Å². The molecule has 1 heterocycles. The molecule has 0 spiro atoms. The maximum atomic E-state index is 11.8. The molecule has 0 unspecified atom stereocenters. The molecule has 0 amide bonds. The van der Waals surface area contributed by atoms with Crippen LogP contribution in [0, 0.1) is 0 Å². The fraction of sp³-hybridized carbons (Fsp3) is 0.0769. The Morgan fingerprint density at radius 2 is 1.81 bits per heavy atom. The number of nitrogen functional groups attached to an aromatic ring is 1. The van der Waals surface area contributed by atoms with Crippen LogP contribution < -0.4 is 5.73 Å². The van der Waals surface area contributed by atoms with Gasteiger partial charge in [-0.3, -0.25) is 4.79 Å². The van der Waals surface area contributed by atoms with Crippen molar-refractivity contribution in [3.05, 3.63) is 59.8 Å². The molecular weight excluding hydrogens is 200 g/mol. The van der Waals surface area contributed by atoms with Crippen molar-refractivity contribution in [1.82, 2.24) is 4.98 Å². The molecule has 0 aliphatic rings. The van der Waals surface area contributed by atoms with E-state index in [0.29, 0.717) is 17.1 Å². The highest BCUT2D eigenvalue weighted by molar-refractivity contribution is 5.97. The van der Waals surface area contributed by atoms with Crippen LogP contribution in [0.5, 0.6) is 0 Å². The van der Waals surface area contributed by atoms with Gasteiger partial charge in [-0.25, -0.2) is 4.98 Å². The maximum Gasteiger partial charge on any atom is 0.168 e. The summed E-state index contributed by atoms with van der Waals surface area (Å²) in [5, 5.41) is 0. The zero-order valence-electron chi connectivity index (χ0n) is 8.76. The van der Waals surface area contributed by atoms with E-state index in [1.54, 1.807) is 30.3 Å². The Kier molecular flexibility index (Phi) is 2.96. The van der Waals surface area contributed by atoms with E-state index in [-0.39, 0.29) is 12.2 Å². The largest absolute Gasteiger partial charge is 0.384 e. The molecular formula is C13H12N2O. The number of nitrogens with zero attached hydrogens (tertiary/aromatic N) is 1. The number of ketones is 1. The number of carbonyl (C=O) groups is 1. The Hall–Kier alpha value is -2.16. The number of hydrogen-bond acceptors (Lipinski definition) is 3. The molecule has 0 bridgehead atoms. The molecule has 16 heavy (non-hydrogen) atoms. The van der Waals surface area contributed by atoms with Gasteiger partial charge >= 0.3 is 0 Å². The van der Waals surface area contributed by atoms with Gasteiger partial charge in [-0.05, 0) is 12.1 Å². The number of pyridine rings is 1. The molecule has 80 valence electrons. The maximum absolute atomic E-state index is 11.8. The zero-order valence-corrected chi connectivity index (χ0v) is 8.76. The van der Waals surface area contributed by atoms with E-state index in [4.69, 9.17) is 5.73 Å². The van der Waals surface area contributed by atoms with Crippen molar-refractivity contribution >= 4 is 11.6 Å². The minimum Gasteiger partial charge on any atom is -0.384 e. The van der Waals surface area contributed by atoms with Crippen molar-refractivity contribution in [2.75, 3.05) is 5.73 Å². The van der Waals surface area contributed by atoms with E-state index in [2.05, 4.69) is 4.98 Å². The molecule has 0 radical (unpaired) electrons. The molecule has 0 saturated heterocycles. The van der Waals surface area contributed by atoms with Crippen LogP contribution in [0.4, 0.5) is 5.82 Å². The average molecular weight is 212 g/mol. The topological polar surface area (TPSA) is 56.0 Å². The van der Waals surface area contributed by atoms with Crippen LogP contribution in [0.2, 0.25) is 0 Å². The van der Waals surface area contributed by atoms with Crippen LogP contribution in [0.1, 0.15) is 16.1 Å². The van der Waals surface area contributed by atoms with E-state index in [0.717, 1.165) is 0 Å². The number of anilines is 1. The lowest BCUT2D eigenvalue weighted by atomic mass is 10.1. The van der Waals surface area contributed by atoms with Crippen LogP contribution >= 0.6 is 0 Å². The third kappa shape index (κ3) is 2.45. The minimum absolute atomic E-state index is 0.0544. The standard InChI is InChI=1S/C13H12N2O/c14-13-8-4-7-11(15-13)9-12(16)10-5-2-1-3-6-10/h1-8H,9H2,(H2,14,15). The van der Waals surface area contributed by atoms with E-state index in [9.17, 15) is 4.79 Å². The van der Waals surface area contributed by atoms with Gasteiger partial charge in [0.15, 0.2) is 5.78 Å². The van der Waals surface area contributed by atoms with Crippen LogP contribution in [-0.2, 0) is 6.42 Å². The van der Waals surface area contributed by atoms with Crippen molar-refractivity contribution < 1.29 is 4.79 Å². The van der Waals surface area contributed by atoms with Crippen molar-refractivity contribution in [1.29, 1.82) is 0 Å². The number of Topliss-reactive ketones (excluding diaryl/α,β-unsaturated/α-hetero) is 1. The van der Waals surface area contributed by atoms with Crippen LogP contribution in [0.3, 0.4) is 0 Å². The summed E-state index contributed by atoms with van der Waals surface area (Å²) in [6, 6.07) is 14.5. The van der Waals surface area contributed by atoms with Crippen molar-refractivity contribution in [2.45, 2.75) is 6.42 Å². The summed E-state index contributed by atoms with van der Waals surface area (Å²) in [4.78, 5) is 15.9. The number of hydrogen-bond donors (Lipinski definition) is 1. The summed E-state index contributed by atoms with van der Waals surface area (Å²) >= 11 is 0. The third-order valence-electron chi connectivity index (χ3n) is 2.27. The van der Waals surface area contributed by atoms with Crippen molar-refractivity contribution in [2.24, 2.45) is 0 Å². The number of carbonyl (C=O) groups excluding carboxylic acids is 1. The Morgan fingerprint density at radius 3 is 2.50 bits per heavy atom. The Labute approximate surface area is 93.9 Å². The van der Waals surface area contributed by atoms with E-state index < -0.39 is 0 Å². The molecule has 0 atom stereocenters. The van der Waals surface area contributed by atoms with E-state index in [1.807, 2.05) is 18.2 Å². The van der Waals surface area contributed by atoms with E-state index >= 15 is 0 Å². The highest BCUT2D eigenvalue weighted by Gasteiger charge is 2.07. The molecule has 0 fully saturated rings. The summed E-state index contributed by atoms with van der Waals surface area (Å²) < 4.78 is 0. The van der Waals surface area contributed by atoms with Crippen molar-refractivity contribution in [3.63, 3.8) is 0 Å². The number of benzene rings is 1.